The van der Waals surface area contributed by atoms with Crippen molar-refractivity contribution >= 4 is 23.3 Å². The Morgan fingerprint density at radius 3 is 2.33 bits per heavy atom. The maximum atomic E-state index is 12.5. The molecular weight excluding hydrogens is 362 g/mol. The third kappa shape index (κ3) is 4.03. The normalized spacial score (nSPS) is 11.0. The molecule has 0 saturated heterocycles. The highest BCUT2D eigenvalue weighted by molar-refractivity contribution is 7.99. The standard InChI is InChI=1S/C20H21N3O3S/c1-10-6-11(2)8-15(7-10)19-22-23-20(26-19)27-9-16(25)18-12(3)17(14(5)24)13(4)21-18/h6-8,21H,9H2,1-5H3. The molecule has 0 aliphatic rings. The Hall–Kier alpha value is -2.67. The maximum Gasteiger partial charge on any atom is 0.277 e. The first-order valence-corrected chi connectivity index (χ1v) is 9.53. The van der Waals surface area contributed by atoms with Gasteiger partial charge in [0, 0.05) is 16.8 Å². The minimum atomic E-state index is -0.112. The summed E-state index contributed by atoms with van der Waals surface area (Å²) in [5.41, 5.74) is 5.53. The van der Waals surface area contributed by atoms with Crippen LogP contribution in [0, 0.1) is 27.7 Å². The maximum absolute atomic E-state index is 12.5. The van der Waals surface area contributed by atoms with Crippen molar-refractivity contribution in [3.8, 4) is 11.5 Å². The van der Waals surface area contributed by atoms with Gasteiger partial charge < -0.3 is 9.40 Å². The van der Waals surface area contributed by atoms with E-state index in [2.05, 4.69) is 21.2 Å². The van der Waals surface area contributed by atoms with Gasteiger partial charge in [0.15, 0.2) is 11.6 Å². The summed E-state index contributed by atoms with van der Waals surface area (Å²) in [4.78, 5) is 27.3. The molecule has 3 rings (SSSR count). The predicted molar refractivity (Wildman–Crippen MR) is 105 cm³/mol. The molecule has 2 heterocycles. The van der Waals surface area contributed by atoms with Crippen LogP contribution in [0.1, 0.15) is 50.2 Å². The molecule has 0 unspecified atom stereocenters. The van der Waals surface area contributed by atoms with Gasteiger partial charge in [-0.25, -0.2) is 0 Å². The van der Waals surface area contributed by atoms with Crippen LogP contribution in [0.2, 0.25) is 0 Å². The number of thioether (sulfide) groups is 1. The molecule has 1 N–H and O–H groups in total. The third-order valence-corrected chi connectivity index (χ3v) is 5.09. The second-order valence-corrected chi connectivity index (χ2v) is 7.57. The lowest BCUT2D eigenvalue weighted by atomic mass is 10.1. The zero-order chi connectivity index (χ0) is 19.7. The van der Waals surface area contributed by atoms with Crippen LogP contribution >= 0.6 is 11.8 Å². The number of Topliss-reactive ketones (excluding diaryl/α,β-unsaturated/α-hetero) is 2. The Balaban J connectivity index is 1.73. The summed E-state index contributed by atoms with van der Waals surface area (Å²) >= 11 is 1.18. The molecule has 0 spiro atoms. The number of aryl methyl sites for hydroxylation is 3. The first-order chi connectivity index (χ1) is 12.8. The number of H-pyrrole nitrogens is 1. The number of aromatic amines is 1. The molecule has 140 valence electrons. The van der Waals surface area contributed by atoms with Crippen LogP contribution in [0.15, 0.2) is 27.8 Å². The van der Waals surface area contributed by atoms with E-state index in [1.807, 2.05) is 26.0 Å². The molecule has 0 aliphatic carbocycles. The van der Waals surface area contributed by atoms with Gasteiger partial charge in [0.2, 0.25) is 5.89 Å². The summed E-state index contributed by atoms with van der Waals surface area (Å²) in [6.45, 7) is 9.10. The van der Waals surface area contributed by atoms with Crippen molar-refractivity contribution in [1.82, 2.24) is 15.2 Å². The number of benzene rings is 1. The highest BCUT2D eigenvalue weighted by atomic mass is 32.2. The molecule has 6 nitrogen and oxygen atoms in total. The number of hydrogen-bond acceptors (Lipinski definition) is 6. The van der Waals surface area contributed by atoms with Crippen molar-refractivity contribution in [1.29, 1.82) is 0 Å². The van der Waals surface area contributed by atoms with Gasteiger partial charge in [-0.15, -0.1) is 10.2 Å². The number of rotatable bonds is 6. The van der Waals surface area contributed by atoms with Crippen LogP contribution in [-0.4, -0.2) is 32.5 Å². The molecule has 0 bridgehead atoms. The lowest BCUT2D eigenvalue weighted by Crippen LogP contribution is -2.05. The monoisotopic (exact) mass is 383 g/mol. The van der Waals surface area contributed by atoms with Crippen molar-refractivity contribution in [2.75, 3.05) is 5.75 Å². The first kappa shape index (κ1) is 19.1. The molecule has 3 aromatic rings. The van der Waals surface area contributed by atoms with Gasteiger partial charge in [0.1, 0.15) is 0 Å². The molecule has 1 aromatic carbocycles. The Morgan fingerprint density at radius 2 is 1.74 bits per heavy atom. The van der Waals surface area contributed by atoms with E-state index in [1.54, 1.807) is 13.8 Å². The third-order valence-electron chi connectivity index (χ3n) is 4.27. The molecule has 0 fully saturated rings. The van der Waals surface area contributed by atoms with Gasteiger partial charge >= 0.3 is 0 Å². The Bertz CT molecular complexity index is 1010. The smallest absolute Gasteiger partial charge is 0.277 e. The Morgan fingerprint density at radius 1 is 1.07 bits per heavy atom. The number of ketones is 2. The van der Waals surface area contributed by atoms with E-state index in [0.717, 1.165) is 16.7 Å². The minimum Gasteiger partial charge on any atom is -0.411 e. The lowest BCUT2D eigenvalue weighted by molar-refractivity contribution is 0.101. The van der Waals surface area contributed by atoms with Crippen LogP contribution in [0.25, 0.3) is 11.5 Å². The van der Waals surface area contributed by atoms with Crippen LogP contribution in [0.5, 0.6) is 0 Å². The summed E-state index contributed by atoms with van der Waals surface area (Å²) in [7, 11) is 0. The van der Waals surface area contributed by atoms with Crippen LogP contribution in [0.4, 0.5) is 0 Å². The SMILES string of the molecule is CC(=O)c1c(C)[nH]c(C(=O)CSc2nnc(-c3cc(C)cc(C)c3)o2)c1C. The van der Waals surface area contributed by atoms with Crippen molar-refractivity contribution < 1.29 is 14.0 Å². The summed E-state index contributed by atoms with van der Waals surface area (Å²) in [6, 6.07) is 6.03. The van der Waals surface area contributed by atoms with E-state index in [0.29, 0.717) is 33.6 Å². The van der Waals surface area contributed by atoms with E-state index in [4.69, 9.17) is 4.42 Å². The van der Waals surface area contributed by atoms with E-state index in [9.17, 15) is 9.59 Å². The molecule has 0 aliphatic heterocycles. The van der Waals surface area contributed by atoms with Crippen molar-refractivity contribution in [2.45, 2.75) is 39.8 Å². The van der Waals surface area contributed by atoms with E-state index in [1.165, 1.54) is 18.7 Å². The highest BCUT2D eigenvalue weighted by Crippen LogP contribution is 2.26. The Labute approximate surface area is 161 Å². The molecule has 0 radical (unpaired) electrons. The van der Waals surface area contributed by atoms with Crippen LogP contribution < -0.4 is 0 Å². The average molecular weight is 383 g/mol. The van der Waals surface area contributed by atoms with E-state index >= 15 is 0 Å². The first-order valence-electron chi connectivity index (χ1n) is 8.54. The second kappa shape index (κ2) is 7.52. The second-order valence-electron chi connectivity index (χ2n) is 6.64. The van der Waals surface area contributed by atoms with Crippen LogP contribution in [-0.2, 0) is 0 Å². The number of hydrogen-bond donors (Lipinski definition) is 1. The highest BCUT2D eigenvalue weighted by Gasteiger charge is 2.20. The quantitative estimate of drug-likeness (QED) is 0.499. The minimum absolute atomic E-state index is 0.0528. The molecule has 27 heavy (non-hydrogen) atoms. The number of nitrogens with zero attached hydrogens (tertiary/aromatic N) is 2. The molecule has 2 aromatic heterocycles. The molecule has 0 atom stereocenters. The molecule has 0 saturated carbocycles. The van der Waals surface area contributed by atoms with Gasteiger partial charge in [-0.2, -0.15) is 0 Å². The summed E-state index contributed by atoms with van der Waals surface area (Å²) in [6.07, 6.45) is 0. The van der Waals surface area contributed by atoms with Crippen LogP contribution in [0.3, 0.4) is 0 Å². The molecule has 0 amide bonds. The van der Waals surface area contributed by atoms with Crippen molar-refractivity contribution in [2.24, 2.45) is 0 Å². The van der Waals surface area contributed by atoms with Gasteiger partial charge in [-0.1, -0.05) is 29.0 Å². The number of carbonyl (C=O) groups excluding carboxylic acids is 2. The summed E-state index contributed by atoms with van der Waals surface area (Å²) < 4.78 is 5.69. The predicted octanol–water partition coefficient (Wildman–Crippen LogP) is 4.48. The summed E-state index contributed by atoms with van der Waals surface area (Å²) in [5, 5.41) is 8.44. The van der Waals surface area contributed by atoms with Crippen molar-refractivity contribution in [3.63, 3.8) is 0 Å². The average Bonchev–Trinajstić information content (AvgIpc) is 3.16. The van der Waals surface area contributed by atoms with E-state index < -0.39 is 0 Å². The van der Waals surface area contributed by atoms with Gasteiger partial charge in [-0.05, 0) is 52.3 Å². The fraction of sp³-hybridized carbons (Fsp3) is 0.300. The number of carbonyl (C=O) groups is 2. The zero-order valence-electron chi connectivity index (χ0n) is 16.0. The lowest BCUT2D eigenvalue weighted by Gasteiger charge is -2.00. The largest absolute Gasteiger partial charge is 0.411 e. The number of aromatic nitrogens is 3. The zero-order valence-corrected chi connectivity index (χ0v) is 16.8. The number of nitrogens with one attached hydrogen (secondary N) is 1. The Kier molecular flexibility index (Phi) is 5.32. The van der Waals surface area contributed by atoms with Gasteiger partial charge in [-0.3, -0.25) is 9.59 Å². The fourth-order valence-corrected chi connectivity index (χ4v) is 3.87. The molecule has 7 heteroatoms. The van der Waals surface area contributed by atoms with Gasteiger partial charge in [0.25, 0.3) is 5.22 Å². The van der Waals surface area contributed by atoms with E-state index in [-0.39, 0.29) is 17.3 Å². The molecular formula is C20H21N3O3S. The fourth-order valence-electron chi connectivity index (χ4n) is 3.24. The van der Waals surface area contributed by atoms with Crippen molar-refractivity contribution in [3.05, 3.63) is 51.8 Å². The summed E-state index contributed by atoms with van der Waals surface area (Å²) in [5.74, 6) is 0.414. The topological polar surface area (TPSA) is 88.9 Å². The van der Waals surface area contributed by atoms with Gasteiger partial charge in [0.05, 0.1) is 11.4 Å².